The molecule has 2 amide bonds. The lowest BCUT2D eigenvalue weighted by Crippen LogP contribution is -2.17. The Hall–Kier alpha value is -2.45. The number of methoxy groups -OCH3 is 1. The molecule has 0 unspecified atom stereocenters. The van der Waals surface area contributed by atoms with Crippen molar-refractivity contribution < 1.29 is 23.5 Å². The van der Waals surface area contributed by atoms with Gasteiger partial charge in [-0.2, -0.15) is 11.8 Å². The van der Waals surface area contributed by atoms with Crippen LogP contribution in [0.15, 0.2) is 47.4 Å². The number of hydrogen-bond donors (Lipinski definition) is 1. The second kappa shape index (κ2) is 9.66. The van der Waals surface area contributed by atoms with Crippen LogP contribution >= 0.6 is 23.5 Å². The largest absolute Gasteiger partial charge is 0.493 e. The van der Waals surface area contributed by atoms with Crippen LogP contribution in [0.2, 0.25) is 0 Å². The third-order valence-corrected chi connectivity index (χ3v) is 5.61. The molecule has 8 heteroatoms. The van der Waals surface area contributed by atoms with Gasteiger partial charge in [-0.1, -0.05) is 24.3 Å². The average molecular weight is 419 g/mol. The second-order valence-electron chi connectivity index (χ2n) is 5.75. The summed E-state index contributed by atoms with van der Waals surface area (Å²) >= 11 is 2.45. The Morgan fingerprint density at radius 2 is 2.00 bits per heavy atom. The molecule has 0 radical (unpaired) electrons. The molecule has 3 rings (SSSR count). The van der Waals surface area contributed by atoms with E-state index in [0.717, 1.165) is 17.3 Å². The number of nitrogens with one attached hydrogen (secondary N) is 1. The molecule has 0 saturated carbocycles. The van der Waals surface area contributed by atoms with Gasteiger partial charge in [0.05, 0.1) is 18.6 Å². The number of hydrogen-bond acceptors (Lipinski definition) is 6. The van der Waals surface area contributed by atoms with E-state index < -0.39 is 5.91 Å². The van der Waals surface area contributed by atoms with Crippen molar-refractivity contribution in [2.45, 2.75) is 5.75 Å². The molecule has 1 aliphatic rings. The molecule has 0 aromatic heterocycles. The van der Waals surface area contributed by atoms with Crippen LogP contribution in [0.4, 0.5) is 9.18 Å². The van der Waals surface area contributed by atoms with Crippen molar-refractivity contribution in [3.63, 3.8) is 0 Å². The number of carbonyl (C=O) groups excluding carboxylic acids is 2. The topological polar surface area (TPSA) is 64.6 Å². The van der Waals surface area contributed by atoms with Gasteiger partial charge in [0.15, 0.2) is 11.5 Å². The highest BCUT2D eigenvalue weighted by Crippen LogP contribution is 2.31. The number of carbonyl (C=O) groups is 2. The number of thioether (sulfide) groups is 2. The van der Waals surface area contributed by atoms with Gasteiger partial charge in [-0.15, -0.1) is 0 Å². The van der Waals surface area contributed by atoms with E-state index in [2.05, 4.69) is 5.32 Å². The van der Waals surface area contributed by atoms with Crippen LogP contribution < -0.4 is 14.8 Å². The monoisotopic (exact) mass is 419 g/mol. The van der Waals surface area contributed by atoms with Crippen molar-refractivity contribution in [3.8, 4) is 11.5 Å². The molecule has 1 aliphatic heterocycles. The molecule has 146 valence electrons. The minimum absolute atomic E-state index is 0.196. The molecule has 1 fully saturated rings. The van der Waals surface area contributed by atoms with Gasteiger partial charge in [-0.25, -0.2) is 4.39 Å². The van der Waals surface area contributed by atoms with Gasteiger partial charge in [0.25, 0.3) is 11.1 Å². The molecule has 0 aliphatic carbocycles. The molecule has 2 aromatic rings. The number of benzene rings is 2. The summed E-state index contributed by atoms with van der Waals surface area (Å²) in [4.78, 5) is 23.2. The molecule has 0 spiro atoms. The van der Waals surface area contributed by atoms with Gasteiger partial charge in [0, 0.05) is 11.5 Å². The quantitative estimate of drug-likeness (QED) is 0.503. The Kier molecular flexibility index (Phi) is 7.00. The first-order valence-corrected chi connectivity index (χ1v) is 10.4. The maximum Gasteiger partial charge on any atom is 0.290 e. The van der Waals surface area contributed by atoms with Gasteiger partial charge >= 0.3 is 0 Å². The van der Waals surface area contributed by atoms with E-state index in [1.54, 1.807) is 48.2 Å². The van der Waals surface area contributed by atoms with Crippen LogP contribution in [0.5, 0.6) is 11.5 Å². The van der Waals surface area contributed by atoms with Crippen molar-refractivity contribution in [1.29, 1.82) is 0 Å². The van der Waals surface area contributed by atoms with Gasteiger partial charge in [-0.3, -0.25) is 14.9 Å². The highest BCUT2D eigenvalue weighted by Gasteiger charge is 2.25. The molecule has 1 heterocycles. The third-order valence-electron chi connectivity index (χ3n) is 3.83. The van der Waals surface area contributed by atoms with E-state index in [4.69, 9.17) is 9.47 Å². The van der Waals surface area contributed by atoms with Gasteiger partial charge in [0.2, 0.25) is 0 Å². The minimum Gasteiger partial charge on any atom is -0.493 e. The normalized spacial score (nSPS) is 15.0. The fourth-order valence-electron chi connectivity index (χ4n) is 2.47. The molecule has 28 heavy (non-hydrogen) atoms. The number of rotatable bonds is 8. The average Bonchev–Trinajstić information content (AvgIpc) is 3.00. The Morgan fingerprint density at radius 1 is 1.18 bits per heavy atom. The second-order valence-corrected chi connectivity index (χ2v) is 7.87. The summed E-state index contributed by atoms with van der Waals surface area (Å²) in [7, 11) is 1.53. The van der Waals surface area contributed by atoms with Crippen LogP contribution in [0.25, 0.3) is 6.08 Å². The highest BCUT2D eigenvalue weighted by atomic mass is 32.2. The maximum atomic E-state index is 13.6. The van der Waals surface area contributed by atoms with Crippen LogP contribution in [0.3, 0.4) is 0 Å². The Bertz CT molecular complexity index is 917. The molecule has 1 saturated heterocycles. The van der Waals surface area contributed by atoms with Crippen LogP contribution in [0.1, 0.15) is 11.1 Å². The molecule has 0 atom stereocenters. The first kappa shape index (κ1) is 20.3. The van der Waals surface area contributed by atoms with Crippen molar-refractivity contribution >= 4 is 40.7 Å². The molecule has 2 aromatic carbocycles. The van der Waals surface area contributed by atoms with E-state index in [0.29, 0.717) is 40.1 Å². The maximum absolute atomic E-state index is 13.6. The van der Waals surface area contributed by atoms with E-state index in [-0.39, 0.29) is 11.1 Å². The van der Waals surface area contributed by atoms with Crippen molar-refractivity contribution in [2.75, 3.05) is 19.5 Å². The molecule has 1 N–H and O–H groups in total. The van der Waals surface area contributed by atoms with Crippen molar-refractivity contribution in [1.82, 2.24) is 5.32 Å². The van der Waals surface area contributed by atoms with Crippen LogP contribution in [0, 0.1) is 5.82 Å². The zero-order valence-corrected chi connectivity index (χ0v) is 16.7. The SMILES string of the molecule is COc1cc(/C=C2/SC(=O)NC2=O)ccc1OCCSCc1ccccc1F. The van der Waals surface area contributed by atoms with Gasteiger partial charge < -0.3 is 9.47 Å². The lowest BCUT2D eigenvalue weighted by Gasteiger charge is -2.11. The first-order chi connectivity index (χ1) is 13.6. The molecular formula is C20H18FNO4S2. The molecular weight excluding hydrogens is 401 g/mol. The predicted octanol–water partition coefficient (Wildman–Crippen LogP) is 4.47. The Labute approximate surface area is 170 Å². The fourth-order valence-corrected chi connectivity index (χ4v) is 3.96. The number of halogens is 1. The number of ether oxygens (including phenoxy) is 2. The number of imide groups is 1. The molecule has 0 bridgehead atoms. The highest BCUT2D eigenvalue weighted by molar-refractivity contribution is 8.18. The zero-order valence-electron chi connectivity index (χ0n) is 15.1. The lowest BCUT2D eigenvalue weighted by atomic mass is 10.2. The Balaban J connectivity index is 1.54. The Morgan fingerprint density at radius 3 is 2.71 bits per heavy atom. The summed E-state index contributed by atoms with van der Waals surface area (Å²) in [5, 5.41) is 1.84. The fraction of sp³-hybridized carbons (Fsp3) is 0.200. The van der Waals surface area contributed by atoms with E-state index in [1.165, 1.54) is 13.2 Å². The zero-order chi connectivity index (χ0) is 19.9. The molecule has 5 nitrogen and oxygen atoms in total. The lowest BCUT2D eigenvalue weighted by molar-refractivity contribution is -0.115. The van der Waals surface area contributed by atoms with Crippen LogP contribution in [-0.2, 0) is 10.5 Å². The summed E-state index contributed by atoms with van der Waals surface area (Å²) in [6, 6.07) is 12.0. The minimum atomic E-state index is -0.402. The number of amides is 2. The summed E-state index contributed by atoms with van der Waals surface area (Å²) < 4.78 is 24.7. The predicted molar refractivity (Wildman–Crippen MR) is 110 cm³/mol. The van der Waals surface area contributed by atoms with Crippen molar-refractivity contribution in [2.24, 2.45) is 0 Å². The summed E-state index contributed by atoms with van der Waals surface area (Å²) in [6.07, 6.45) is 1.63. The smallest absolute Gasteiger partial charge is 0.290 e. The van der Waals surface area contributed by atoms with E-state index >= 15 is 0 Å². The first-order valence-electron chi connectivity index (χ1n) is 8.43. The standard InChI is InChI=1S/C20H18FNO4S2/c1-25-17-10-13(11-18-19(23)22-20(24)28-18)6-7-16(17)26-8-9-27-12-14-4-2-3-5-15(14)21/h2-7,10-11H,8-9,12H2,1H3,(H,22,23,24)/b18-11+. The summed E-state index contributed by atoms with van der Waals surface area (Å²) in [5.41, 5.74) is 1.40. The van der Waals surface area contributed by atoms with Crippen molar-refractivity contribution in [3.05, 3.63) is 64.3 Å². The summed E-state index contributed by atoms with van der Waals surface area (Å²) in [6.45, 7) is 0.447. The van der Waals surface area contributed by atoms with Gasteiger partial charge in [0.1, 0.15) is 5.82 Å². The third kappa shape index (κ3) is 5.30. The van der Waals surface area contributed by atoms with Gasteiger partial charge in [-0.05, 0) is 47.2 Å². The van der Waals surface area contributed by atoms with E-state index in [9.17, 15) is 14.0 Å². The summed E-state index contributed by atoms with van der Waals surface area (Å²) in [5.74, 6) is 1.79. The van der Waals surface area contributed by atoms with E-state index in [1.807, 2.05) is 6.07 Å². The van der Waals surface area contributed by atoms with Crippen LogP contribution in [-0.4, -0.2) is 30.6 Å².